The largest absolute Gasteiger partial charge is 0.340 e. The topological polar surface area (TPSA) is 122 Å². The first-order chi connectivity index (χ1) is 16.8. The van der Waals surface area contributed by atoms with E-state index < -0.39 is 23.8 Å². The van der Waals surface area contributed by atoms with E-state index >= 15 is 0 Å². The molecule has 0 fully saturated rings. The molecule has 0 aliphatic rings. The van der Waals surface area contributed by atoms with Crippen molar-refractivity contribution >= 4 is 40.1 Å². The van der Waals surface area contributed by atoms with Gasteiger partial charge in [-0.3, -0.25) is 30.0 Å². The molecule has 0 bridgehead atoms. The van der Waals surface area contributed by atoms with Crippen molar-refractivity contribution < 1.29 is 14.4 Å². The summed E-state index contributed by atoms with van der Waals surface area (Å²) in [5.74, 6) is -1.91. The Kier molecular flexibility index (Phi) is 8.59. The molecule has 0 saturated heterocycles. The van der Waals surface area contributed by atoms with Gasteiger partial charge in [-0.05, 0) is 42.7 Å². The van der Waals surface area contributed by atoms with Crippen LogP contribution in [0.25, 0.3) is 10.8 Å². The van der Waals surface area contributed by atoms with Crippen molar-refractivity contribution in [1.29, 1.82) is 0 Å². The second kappa shape index (κ2) is 11.6. The lowest BCUT2D eigenvalue weighted by molar-refractivity contribution is -0.124. The van der Waals surface area contributed by atoms with Crippen LogP contribution in [0.2, 0.25) is 5.02 Å². The van der Waals surface area contributed by atoms with Crippen molar-refractivity contribution in [3.8, 4) is 0 Å². The average molecular weight is 498 g/mol. The number of hydrogen-bond donors (Lipinski definition) is 3. The molecule has 2 unspecified atom stereocenters. The van der Waals surface area contributed by atoms with E-state index in [-0.39, 0.29) is 17.2 Å². The Labute approximate surface area is 207 Å². The fourth-order valence-electron chi connectivity index (χ4n) is 3.55. The lowest BCUT2D eigenvalue weighted by atomic mass is 9.98. The number of rotatable bonds is 8. The molecular formula is C25H28ClN5O4. The van der Waals surface area contributed by atoms with Gasteiger partial charge in [-0.1, -0.05) is 57.0 Å². The second-order valence-corrected chi connectivity index (χ2v) is 8.65. The third kappa shape index (κ3) is 6.05. The molecular weight excluding hydrogens is 470 g/mol. The summed E-state index contributed by atoms with van der Waals surface area (Å²) in [6.07, 6.45) is 1.27. The summed E-state index contributed by atoms with van der Waals surface area (Å²) in [6.45, 7) is 5.97. The lowest BCUT2D eigenvalue weighted by Crippen LogP contribution is -2.54. The molecule has 3 rings (SSSR count). The van der Waals surface area contributed by atoms with E-state index in [1.165, 1.54) is 4.68 Å². The predicted octanol–water partition coefficient (Wildman–Crippen LogP) is 3.07. The van der Waals surface area contributed by atoms with Gasteiger partial charge >= 0.3 is 0 Å². The number of nitrogens with one attached hydrogen (secondary N) is 3. The highest BCUT2D eigenvalue weighted by atomic mass is 35.5. The first-order valence-corrected chi connectivity index (χ1v) is 11.8. The number of hydrazine groups is 1. The number of aryl methyl sites for hydroxylation is 1. The van der Waals surface area contributed by atoms with Gasteiger partial charge in [0.2, 0.25) is 0 Å². The Balaban J connectivity index is 1.78. The van der Waals surface area contributed by atoms with Crippen LogP contribution in [0.1, 0.15) is 54.5 Å². The van der Waals surface area contributed by atoms with E-state index in [4.69, 9.17) is 11.6 Å². The maximum atomic E-state index is 13.0. The van der Waals surface area contributed by atoms with Crippen LogP contribution in [0.5, 0.6) is 0 Å². The molecule has 2 aromatic carbocycles. The summed E-state index contributed by atoms with van der Waals surface area (Å²) in [5.41, 5.74) is 4.85. The molecule has 3 aromatic rings. The minimum absolute atomic E-state index is 0.0132. The lowest BCUT2D eigenvalue weighted by Gasteiger charge is -2.23. The van der Waals surface area contributed by atoms with E-state index in [9.17, 15) is 19.2 Å². The van der Waals surface area contributed by atoms with Gasteiger partial charge in [0, 0.05) is 22.5 Å². The number of carbonyl (C=O) groups is 3. The van der Waals surface area contributed by atoms with Crippen LogP contribution in [-0.4, -0.2) is 33.5 Å². The summed E-state index contributed by atoms with van der Waals surface area (Å²) in [6, 6.07) is 12.1. The molecule has 35 heavy (non-hydrogen) atoms. The van der Waals surface area contributed by atoms with Crippen molar-refractivity contribution in [1.82, 2.24) is 25.9 Å². The Morgan fingerprint density at radius 3 is 2.26 bits per heavy atom. The summed E-state index contributed by atoms with van der Waals surface area (Å²) < 4.78 is 1.24. The smallest absolute Gasteiger partial charge is 0.290 e. The molecule has 1 heterocycles. The minimum atomic E-state index is -0.901. The summed E-state index contributed by atoms with van der Waals surface area (Å²) in [4.78, 5) is 51.2. The first-order valence-electron chi connectivity index (χ1n) is 11.4. The van der Waals surface area contributed by atoms with Crippen LogP contribution in [-0.2, 0) is 11.3 Å². The minimum Gasteiger partial charge on any atom is -0.340 e. The molecule has 0 aliphatic carbocycles. The molecule has 9 nitrogen and oxygen atoms in total. The van der Waals surface area contributed by atoms with Gasteiger partial charge in [-0.15, -0.1) is 0 Å². The predicted molar refractivity (Wildman–Crippen MR) is 134 cm³/mol. The molecule has 1 aromatic heterocycles. The van der Waals surface area contributed by atoms with Crippen LogP contribution >= 0.6 is 11.6 Å². The first kappa shape index (κ1) is 25.9. The monoisotopic (exact) mass is 497 g/mol. The molecule has 0 saturated carbocycles. The van der Waals surface area contributed by atoms with E-state index in [1.807, 2.05) is 20.8 Å². The number of fused-ring (bicyclic) bond motifs is 1. The molecule has 0 radical (unpaired) electrons. The maximum absolute atomic E-state index is 13.0. The van der Waals surface area contributed by atoms with E-state index in [0.29, 0.717) is 40.7 Å². The molecule has 184 valence electrons. The Hall–Kier alpha value is -3.72. The van der Waals surface area contributed by atoms with Gasteiger partial charge in [0.05, 0.1) is 5.39 Å². The third-order valence-electron chi connectivity index (χ3n) is 5.71. The fraction of sp³-hybridized carbons (Fsp3) is 0.320. The SMILES string of the molecule is CCCn1nc(C(=O)NNC(=O)C(NC(=O)c2ccc(Cl)cc2)C(C)CC)c2ccccc2c1=O. The van der Waals surface area contributed by atoms with Crippen LogP contribution in [0.15, 0.2) is 53.3 Å². The highest BCUT2D eigenvalue weighted by Gasteiger charge is 2.27. The Morgan fingerprint density at radius 1 is 0.971 bits per heavy atom. The highest BCUT2D eigenvalue weighted by Crippen LogP contribution is 2.14. The van der Waals surface area contributed by atoms with E-state index in [2.05, 4.69) is 21.3 Å². The number of hydrogen-bond acceptors (Lipinski definition) is 5. The van der Waals surface area contributed by atoms with E-state index in [0.717, 1.165) is 0 Å². The summed E-state index contributed by atoms with van der Waals surface area (Å²) >= 11 is 5.88. The van der Waals surface area contributed by atoms with Crippen LogP contribution < -0.4 is 21.7 Å². The number of aromatic nitrogens is 2. The molecule has 3 amide bonds. The van der Waals surface area contributed by atoms with Crippen molar-refractivity contribution in [2.45, 2.75) is 46.2 Å². The van der Waals surface area contributed by atoms with Crippen LogP contribution in [0.3, 0.4) is 0 Å². The Bertz CT molecular complexity index is 1290. The normalized spacial score (nSPS) is 12.6. The van der Waals surface area contributed by atoms with Gasteiger partial charge in [0.1, 0.15) is 6.04 Å². The number of carbonyl (C=O) groups excluding carboxylic acids is 3. The summed E-state index contributed by atoms with van der Waals surface area (Å²) in [5, 5.41) is 8.18. The quantitative estimate of drug-likeness (QED) is 0.413. The molecule has 0 aliphatic heterocycles. The van der Waals surface area contributed by atoms with E-state index in [1.54, 1.807) is 48.5 Å². The van der Waals surface area contributed by atoms with Crippen molar-refractivity contribution in [3.63, 3.8) is 0 Å². The van der Waals surface area contributed by atoms with Gasteiger partial charge < -0.3 is 5.32 Å². The van der Waals surface area contributed by atoms with Gasteiger partial charge in [0.25, 0.3) is 23.3 Å². The standard InChI is InChI=1S/C25H28ClN5O4/c1-4-14-31-25(35)19-9-7-6-8-18(19)21(30-31)24(34)29-28-23(33)20(15(3)5-2)27-22(32)16-10-12-17(26)13-11-16/h6-13,15,20H,4-5,14H2,1-3H3,(H,27,32)(H,28,33)(H,29,34). The summed E-state index contributed by atoms with van der Waals surface area (Å²) in [7, 11) is 0. The van der Waals surface area contributed by atoms with Crippen molar-refractivity contribution in [3.05, 3.63) is 75.2 Å². The zero-order chi connectivity index (χ0) is 25.5. The molecule has 10 heteroatoms. The maximum Gasteiger partial charge on any atom is 0.290 e. The van der Waals surface area contributed by atoms with Crippen LogP contribution in [0.4, 0.5) is 0 Å². The number of nitrogens with zero attached hydrogens (tertiary/aromatic N) is 2. The van der Waals surface area contributed by atoms with Gasteiger partial charge in [0.15, 0.2) is 5.69 Å². The zero-order valence-corrected chi connectivity index (χ0v) is 20.6. The van der Waals surface area contributed by atoms with Crippen molar-refractivity contribution in [2.75, 3.05) is 0 Å². The zero-order valence-electron chi connectivity index (χ0n) is 19.8. The Morgan fingerprint density at radius 2 is 1.63 bits per heavy atom. The van der Waals surface area contributed by atoms with Gasteiger partial charge in [-0.25, -0.2) is 4.68 Å². The second-order valence-electron chi connectivity index (χ2n) is 8.21. The average Bonchev–Trinajstić information content (AvgIpc) is 2.87. The third-order valence-corrected chi connectivity index (χ3v) is 5.96. The fourth-order valence-corrected chi connectivity index (χ4v) is 3.68. The van der Waals surface area contributed by atoms with Crippen molar-refractivity contribution in [2.24, 2.45) is 5.92 Å². The number of amides is 3. The molecule has 0 spiro atoms. The highest BCUT2D eigenvalue weighted by molar-refractivity contribution is 6.30. The van der Waals surface area contributed by atoms with Crippen LogP contribution in [0, 0.1) is 5.92 Å². The number of benzene rings is 2. The van der Waals surface area contributed by atoms with Gasteiger partial charge in [-0.2, -0.15) is 5.10 Å². The molecule has 3 N–H and O–H groups in total. The molecule has 2 atom stereocenters. The number of halogens is 1.